The smallest absolute Gasteiger partial charge is 0.145 e. The number of rotatable bonds is 5. The van der Waals surface area contributed by atoms with Crippen LogP contribution in [0.4, 0.5) is 0 Å². The van der Waals surface area contributed by atoms with Crippen LogP contribution in [0.3, 0.4) is 0 Å². The Bertz CT molecular complexity index is 573. The first kappa shape index (κ1) is 12.9. The molecule has 0 spiro atoms. The summed E-state index contributed by atoms with van der Waals surface area (Å²) in [5.41, 5.74) is 0.489. The molecule has 0 aliphatic carbocycles. The van der Waals surface area contributed by atoms with Crippen LogP contribution >= 0.6 is 0 Å². The third-order valence-electron chi connectivity index (χ3n) is 2.42. The Hall–Kier alpha value is -2.51. The van der Waals surface area contributed by atoms with Crippen molar-refractivity contribution in [1.82, 2.24) is 0 Å². The minimum Gasteiger partial charge on any atom is -0.491 e. The van der Waals surface area contributed by atoms with E-state index in [1.54, 1.807) is 42.5 Å². The van der Waals surface area contributed by atoms with E-state index in [0.29, 0.717) is 22.8 Å². The van der Waals surface area contributed by atoms with Crippen LogP contribution in [0.1, 0.15) is 5.56 Å². The maximum Gasteiger partial charge on any atom is 0.145 e. The van der Waals surface area contributed by atoms with Gasteiger partial charge in [-0.2, -0.15) is 5.26 Å². The van der Waals surface area contributed by atoms with E-state index >= 15 is 0 Å². The van der Waals surface area contributed by atoms with Gasteiger partial charge in [0, 0.05) is 0 Å². The summed E-state index contributed by atoms with van der Waals surface area (Å²) in [6.45, 7) is 0.241. The van der Waals surface area contributed by atoms with Crippen molar-refractivity contribution >= 4 is 0 Å². The van der Waals surface area contributed by atoms with Gasteiger partial charge in [-0.15, -0.1) is 0 Å². The summed E-state index contributed by atoms with van der Waals surface area (Å²) in [7, 11) is 0. The lowest BCUT2D eigenvalue weighted by Gasteiger charge is -2.08. The molecule has 0 aliphatic rings. The molecule has 2 rings (SSSR count). The van der Waals surface area contributed by atoms with E-state index in [9.17, 15) is 0 Å². The molecule has 0 amide bonds. The van der Waals surface area contributed by atoms with E-state index in [1.807, 2.05) is 6.07 Å². The van der Waals surface area contributed by atoms with Crippen LogP contribution in [0.15, 0.2) is 48.5 Å². The van der Waals surface area contributed by atoms with Gasteiger partial charge in [-0.1, -0.05) is 12.1 Å². The molecule has 19 heavy (non-hydrogen) atoms. The van der Waals surface area contributed by atoms with E-state index in [-0.39, 0.29) is 13.2 Å². The van der Waals surface area contributed by atoms with Gasteiger partial charge in [-0.3, -0.25) is 0 Å². The lowest BCUT2D eigenvalue weighted by molar-refractivity contribution is 0.201. The van der Waals surface area contributed by atoms with Gasteiger partial charge < -0.3 is 14.6 Å². The van der Waals surface area contributed by atoms with E-state index in [4.69, 9.17) is 19.8 Å². The number of hydrogen-bond donors (Lipinski definition) is 1. The SMILES string of the molecule is N#Cc1ccccc1Oc1ccc(OCCO)cc1. The minimum absolute atomic E-state index is 0.0200. The van der Waals surface area contributed by atoms with Crippen LogP contribution in [-0.4, -0.2) is 18.3 Å². The Morgan fingerprint density at radius 3 is 2.37 bits per heavy atom. The maximum absolute atomic E-state index is 8.96. The van der Waals surface area contributed by atoms with E-state index in [1.165, 1.54) is 0 Å². The van der Waals surface area contributed by atoms with Crippen molar-refractivity contribution in [2.45, 2.75) is 0 Å². The Kier molecular flexibility index (Phi) is 4.38. The number of aliphatic hydroxyl groups is 1. The first-order chi connectivity index (χ1) is 9.33. The third kappa shape index (κ3) is 3.47. The molecule has 0 heterocycles. The largest absolute Gasteiger partial charge is 0.491 e. The summed E-state index contributed by atoms with van der Waals surface area (Å²) in [5.74, 6) is 1.81. The zero-order chi connectivity index (χ0) is 13.5. The summed E-state index contributed by atoms with van der Waals surface area (Å²) in [5, 5.41) is 17.6. The Morgan fingerprint density at radius 2 is 1.68 bits per heavy atom. The van der Waals surface area contributed by atoms with Gasteiger partial charge in [0.15, 0.2) is 0 Å². The molecule has 0 saturated heterocycles. The molecule has 96 valence electrons. The number of benzene rings is 2. The van der Waals surface area contributed by atoms with Crippen molar-refractivity contribution < 1.29 is 14.6 Å². The van der Waals surface area contributed by atoms with Crippen molar-refractivity contribution in [1.29, 1.82) is 5.26 Å². The molecule has 4 heteroatoms. The molecular formula is C15H13NO3. The Balaban J connectivity index is 2.09. The molecule has 4 nitrogen and oxygen atoms in total. The number of nitrogens with zero attached hydrogens (tertiary/aromatic N) is 1. The summed E-state index contributed by atoms with van der Waals surface area (Å²) in [6, 6.07) is 16.1. The molecule has 0 bridgehead atoms. The highest BCUT2D eigenvalue weighted by Crippen LogP contribution is 2.26. The van der Waals surface area contributed by atoms with Crippen LogP contribution in [0.2, 0.25) is 0 Å². The number of nitriles is 1. The summed E-state index contributed by atoms with van der Waals surface area (Å²) in [4.78, 5) is 0. The Labute approximate surface area is 111 Å². The minimum atomic E-state index is -0.0200. The van der Waals surface area contributed by atoms with Gasteiger partial charge in [0.2, 0.25) is 0 Å². The molecule has 0 aromatic heterocycles. The van der Waals surface area contributed by atoms with Crippen LogP contribution in [0.5, 0.6) is 17.2 Å². The van der Waals surface area contributed by atoms with Gasteiger partial charge in [-0.05, 0) is 36.4 Å². The average molecular weight is 255 g/mol. The molecule has 0 saturated carbocycles. The second kappa shape index (κ2) is 6.43. The molecule has 0 fully saturated rings. The maximum atomic E-state index is 8.96. The first-order valence-electron chi connectivity index (χ1n) is 5.84. The van der Waals surface area contributed by atoms with Gasteiger partial charge in [-0.25, -0.2) is 0 Å². The van der Waals surface area contributed by atoms with E-state index in [2.05, 4.69) is 6.07 Å². The average Bonchev–Trinajstić information content (AvgIpc) is 2.47. The Morgan fingerprint density at radius 1 is 1.00 bits per heavy atom. The van der Waals surface area contributed by atoms with Crippen molar-refractivity contribution in [3.8, 4) is 23.3 Å². The van der Waals surface area contributed by atoms with Gasteiger partial charge >= 0.3 is 0 Å². The lowest BCUT2D eigenvalue weighted by atomic mass is 10.2. The second-order valence-corrected chi connectivity index (χ2v) is 3.75. The molecule has 0 radical (unpaired) electrons. The molecule has 0 unspecified atom stereocenters. The van der Waals surface area contributed by atoms with E-state index in [0.717, 1.165) is 0 Å². The lowest BCUT2D eigenvalue weighted by Crippen LogP contribution is -2.01. The van der Waals surface area contributed by atoms with Gasteiger partial charge in [0.05, 0.1) is 12.2 Å². The number of aliphatic hydroxyl groups excluding tert-OH is 1. The zero-order valence-electron chi connectivity index (χ0n) is 10.2. The van der Waals surface area contributed by atoms with Gasteiger partial charge in [0.1, 0.15) is 29.9 Å². The number of ether oxygens (including phenoxy) is 2. The van der Waals surface area contributed by atoms with Crippen molar-refractivity contribution in [2.75, 3.05) is 13.2 Å². The molecule has 0 atom stereocenters. The summed E-state index contributed by atoms with van der Waals surface area (Å²) in [6.07, 6.45) is 0. The zero-order valence-corrected chi connectivity index (χ0v) is 10.2. The molecule has 2 aromatic rings. The van der Waals surface area contributed by atoms with Crippen molar-refractivity contribution in [3.63, 3.8) is 0 Å². The normalized spacial score (nSPS) is 9.68. The van der Waals surface area contributed by atoms with Gasteiger partial charge in [0.25, 0.3) is 0 Å². The predicted octanol–water partition coefficient (Wildman–Crippen LogP) is 2.72. The molecule has 1 N–H and O–H groups in total. The second-order valence-electron chi connectivity index (χ2n) is 3.75. The fraction of sp³-hybridized carbons (Fsp3) is 0.133. The summed E-state index contributed by atoms with van der Waals surface area (Å²) < 4.78 is 10.9. The van der Waals surface area contributed by atoms with Crippen LogP contribution in [-0.2, 0) is 0 Å². The fourth-order valence-electron chi connectivity index (χ4n) is 1.54. The highest BCUT2D eigenvalue weighted by molar-refractivity contribution is 5.45. The third-order valence-corrected chi connectivity index (χ3v) is 2.42. The molecule has 0 aliphatic heterocycles. The predicted molar refractivity (Wildman–Crippen MR) is 70.3 cm³/mol. The molecule has 2 aromatic carbocycles. The highest BCUT2D eigenvalue weighted by Gasteiger charge is 2.03. The van der Waals surface area contributed by atoms with Crippen molar-refractivity contribution in [2.24, 2.45) is 0 Å². The highest BCUT2D eigenvalue weighted by atomic mass is 16.5. The van der Waals surface area contributed by atoms with Crippen LogP contribution < -0.4 is 9.47 Å². The monoisotopic (exact) mass is 255 g/mol. The number of hydrogen-bond acceptors (Lipinski definition) is 4. The standard InChI is InChI=1S/C15H13NO3/c16-11-12-3-1-2-4-15(12)19-14-7-5-13(6-8-14)18-10-9-17/h1-8,17H,9-10H2. The van der Waals surface area contributed by atoms with Crippen LogP contribution in [0.25, 0.3) is 0 Å². The molecular weight excluding hydrogens is 242 g/mol. The number of para-hydroxylation sites is 1. The topological polar surface area (TPSA) is 62.5 Å². The first-order valence-corrected chi connectivity index (χ1v) is 5.84. The van der Waals surface area contributed by atoms with Crippen LogP contribution in [0, 0.1) is 11.3 Å². The fourth-order valence-corrected chi connectivity index (χ4v) is 1.54. The quantitative estimate of drug-likeness (QED) is 0.892. The summed E-state index contributed by atoms with van der Waals surface area (Å²) >= 11 is 0. The van der Waals surface area contributed by atoms with Crippen molar-refractivity contribution in [3.05, 3.63) is 54.1 Å². The van der Waals surface area contributed by atoms with E-state index < -0.39 is 0 Å².